The lowest BCUT2D eigenvalue weighted by atomic mass is 10.2. The normalized spacial score (nSPS) is 12.2. The number of fused-ring (bicyclic) bond motifs is 1. The second kappa shape index (κ2) is 4.33. The van der Waals surface area contributed by atoms with Gasteiger partial charge in [-0.1, -0.05) is 0 Å². The van der Waals surface area contributed by atoms with Gasteiger partial charge in [0.15, 0.2) is 5.65 Å². The van der Waals surface area contributed by atoms with Crippen molar-refractivity contribution in [1.29, 1.82) is 0 Å². The summed E-state index contributed by atoms with van der Waals surface area (Å²) in [6.07, 6.45) is -2.58. The van der Waals surface area contributed by atoms with Gasteiger partial charge in [-0.05, 0) is 18.6 Å². The molecule has 0 bridgehead atoms. The smallest absolute Gasteiger partial charge is 0.396 e. The first-order valence-corrected chi connectivity index (χ1v) is 5.04. The Morgan fingerprint density at radius 1 is 1.24 bits per heavy atom. The van der Waals surface area contributed by atoms with E-state index in [9.17, 15) is 13.2 Å². The highest BCUT2D eigenvalue weighted by Crippen LogP contribution is 2.29. The molecule has 0 saturated carbocycles. The molecule has 2 aromatic rings. The molecule has 0 aliphatic rings. The Morgan fingerprint density at radius 3 is 2.65 bits per heavy atom. The van der Waals surface area contributed by atoms with Crippen molar-refractivity contribution in [1.82, 2.24) is 14.6 Å². The standard InChI is InChI=1S/C10H10F3N3O/c11-10(12,13)7-3-4-9-15-14-8(2-1-5-17)16(9)6-7/h3-4,6,17H,1-2,5H2. The van der Waals surface area contributed by atoms with Crippen LogP contribution in [0.2, 0.25) is 0 Å². The molecule has 2 rings (SSSR count). The van der Waals surface area contributed by atoms with Gasteiger partial charge in [0.05, 0.1) is 5.56 Å². The number of hydrogen-bond acceptors (Lipinski definition) is 3. The molecule has 1 N–H and O–H groups in total. The zero-order chi connectivity index (χ0) is 12.5. The fourth-order valence-corrected chi connectivity index (χ4v) is 1.51. The van der Waals surface area contributed by atoms with Crippen molar-refractivity contribution in [2.75, 3.05) is 6.61 Å². The SMILES string of the molecule is OCCCc1nnc2ccc(C(F)(F)F)cn12. The molecule has 0 radical (unpaired) electrons. The number of pyridine rings is 1. The van der Waals surface area contributed by atoms with Crippen molar-refractivity contribution in [3.05, 3.63) is 29.7 Å². The zero-order valence-corrected chi connectivity index (χ0v) is 8.78. The lowest BCUT2D eigenvalue weighted by molar-refractivity contribution is -0.137. The molecule has 7 heteroatoms. The Kier molecular flexibility index (Phi) is 3.01. The Morgan fingerprint density at radius 2 is 2.00 bits per heavy atom. The predicted molar refractivity (Wildman–Crippen MR) is 53.4 cm³/mol. The third kappa shape index (κ3) is 2.38. The fourth-order valence-electron chi connectivity index (χ4n) is 1.51. The van der Waals surface area contributed by atoms with Gasteiger partial charge in [-0.15, -0.1) is 10.2 Å². The van der Waals surface area contributed by atoms with E-state index in [1.165, 1.54) is 10.5 Å². The number of halogens is 3. The van der Waals surface area contributed by atoms with Gasteiger partial charge >= 0.3 is 6.18 Å². The minimum Gasteiger partial charge on any atom is -0.396 e. The van der Waals surface area contributed by atoms with Gasteiger partial charge in [0.1, 0.15) is 5.82 Å². The van der Waals surface area contributed by atoms with Crippen molar-refractivity contribution < 1.29 is 18.3 Å². The highest BCUT2D eigenvalue weighted by Gasteiger charge is 2.31. The first-order chi connectivity index (χ1) is 8.02. The van der Waals surface area contributed by atoms with E-state index in [-0.39, 0.29) is 6.61 Å². The molecule has 92 valence electrons. The maximum Gasteiger partial charge on any atom is 0.417 e. The number of hydrogen-bond donors (Lipinski definition) is 1. The van der Waals surface area contributed by atoms with Crippen LogP contribution in [0.5, 0.6) is 0 Å². The lowest BCUT2D eigenvalue weighted by Gasteiger charge is -2.07. The van der Waals surface area contributed by atoms with Gasteiger partial charge < -0.3 is 5.11 Å². The molecule has 0 aromatic carbocycles. The third-order valence-corrected chi connectivity index (χ3v) is 2.36. The van der Waals surface area contributed by atoms with Crippen LogP contribution in [0, 0.1) is 0 Å². The summed E-state index contributed by atoms with van der Waals surface area (Å²) in [7, 11) is 0. The van der Waals surface area contributed by atoms with Crippen LogP contribution in [0.4, 0.5) is 13.2 Å². The molecular formula is C10H10F3N3O. The number of aliphatic hydroxyl groups excluding tert-OH is 1. The van der Waals surface area contributed by atoms with Crippen molar-refractivity contribution in [2.24, 2.45) is 0 Å². The molecule has 2 heterocycles. The maximum absolute atomic E-state index is 12.5. The second-order valence-electron chi connectivity index (χ2n) is 3.59. The molecule has 0 aliphatic heterocycles. The molecule has 0 spiro atoms. The van der Waals surface area contributed by atoms with Crippen molar-refractivity contribution in [2.45, 2.75) is 19.0 Å². The van der Waals surface area contributed by atoms with E-state index in [1.54, 1.807) is 0 Å². The molecule has 2 aromatic heterocycles. The van der Waals surface area contributed by atoms with Crippen LogP contribution < -0.4 is 0 Å². The molecule has 0 fully saturated rings. The Labute approximate surface area is 94.7 Å². The number of aromatic nitrogens is 3. The van der Waals surface area contributed by atoms with Crippen LogP contribution in [0.3, 0.4) is 0 Å². The van der Waals surface area contributed by atoms with Gasteiger partial charge in [-0.25, -0.2) is 0 Å². The molecule has 0 unspecified atom stereocenters. The van der Waals surface area contributed by atoms with E-state index < -0.39 is 11.7 Å². The van der Waals surface area contributed by atoms with Crippen molar-refractivity contribution in [3.8, 4) is 0 Å². The second-order valence-corrected chi connectivity index (χ2v) is 3.59. The quantitative estimate of drug-likeness (QED) is 0.894. The number of nitrogens with zero attached hydrogens (tertiary/aromatic N) is 3. The van der Waals surface area contributed by atoms with E-state index >= 15 is 0 Å². The van der Waals surface area contributed by atoms with Gasteiger partial charge in [0, 0.05) is 19.2 Å². The van der Waals surface area contributed by atoms with Crippen LogP contribution in [-0.2, 0) is 12.6 Å². The highest BCUT2D eigenvalue weighted by atomic mass is 19.4. The monoisotopic (exact) mass is 245 g/mol. The Balaban J connectivity index is 2.43. The maximum atomic E-state index is 12.5. The Hall–Kier alpha value is -1.63. The van der Waals surface area contributed by atoms with Crippen LogP contribution >= 0.6 is 0 Å². The fraction of sp³-hybridized carbons (Fsp3) is 0.400. The van der Waals surface area contributed by atoms with E-state index in [0.29, 0.717) is 24.3 Å². The average Bonchev–Trinajstić information content (AvgIpc) is 2.67. The Bertz CT molecular complexity index is 521. The highest BCUT2D eigenvalue weighted by molar-refractivity contribution is 5.40. The summed E-state index contributed by atoms with van der Waals surface area (Å²) in [6.45, 7) is -0.0339. The minimum absolute atomic E-state index is 0.0339. The largest absolute Gasteiger partial charge is 0.417 e. The van der Waals surface area contributed by atoms with Crippen LogP contribution in [0.1, 0.15) is 17.8 Å². The predicted octanol–water partition coefficient (Wildman–Crippen LogP) is 1.67. The summed E-state index contributed by atoms with van der Waals surface area (Å²) in [5.41, 5.74) is -0.374. The minimum atomic E-state index is -4.38. The topological polar surface area (TPSA) is 50.4 Å². The summed E-state index contributed by atoms with van der Waals surface area (Å²) in [4.78, 5) is 0. The van der Waals surface area contributed by atoms with Crippen LogP contribution in [0.15, 0.2) is 18.3 Å². The number of alkyl halides is 3. The van der Waals surface area contributed by atoms with E-state index in [1.807, 2.05) is 0 Å². The van der Waals surface area contributed by atoms with E-state index in [4.69, 9.17) is 5.11 Å². The molecule has 0 aliphatic carbocycles. The number of aryl methyl sites for hydroxylation is 1. The number of rotatable bonds is 3. The molecular weight excluding hydrogens is 235 g/mol. The van der Waals surface area contributed by atoms with Gasteiger partial charge in [0.25, 0.3) is 0 Å². The van der Waals surface area contributed by atoms with Crippen LogP contribution in [-0.4, -0.2) is 26.3 Å². The summed E-state index contributed by atoms with van der Waals surface area (Å²) >= 11 is 0. The summed E-state index contributed by atoms with van der Waals surface area (Å²) in [5.74, 6) is 0.417. The van der Waals surface area contributed by atoms with Crippen molar-refractivity contribution >= 4 is 5.65 Å². The number of aliphatic hydroxyl groups is 1. The molecule has 4 nitrogen and oxygen atoms in total. The summed E-state index contributed by atoms with van der Waals surface area (Å²) in [5, 5.41) is 16.2. The van der Waals surface area contributed by atoms with Gasteiger partial charge in [0.2, 0.25) is 0 Å². The lowest BCUT2D eigenvalue weighted by Crippen LogP contribution is -2.07. The summed E-state index contributed by atoms with van der Waals surface area (Å²) in [6, 6.07) is 2.25. The molecule has 0 saturated heterocycles. The third-order valence-electron chi connectivity index (χ3n) is 2.36. The van der Waals surface area contributed by atoms with Crippen molar-refractivity contribution in [3.63, 3.8) is 0 Å². The zero-order valence-electron chi connectivity index (χ0n) is 8.78. The van der Waals surface area contributed by atoms with Gasteiger partial charge in [-0.3, -0.25) is 4.40 Å². The average molecular weight is 245 g/mol. The van der Waals surface area contributed by atoms with E-state index in [2.05, 4.69) is 10.2 Å². The first-order valence-electron chi connectivity index (χ1n) is 5.04. The molecule has 17 heavy (non-hydrogen) atoms. The molecule has 0 amide bonds. The first kappa shape index (κ1) is 11.8. The van der Waals surface area contributed by atoms with Crippen LogP contribution in [0.25, 0.3) is 5.65 Å². The summed E-state index contributed by atoms with van der Waals surface area (Å²) < 4.78 is 38.8. The van der Waals surface area contributed by atoms with E-state index in [0.717, 1.165) is 12.3 Å². The molecule has 0 atom stereocenters. The van der Waals surface area contributed by atoms with Gasteiger partial charge in [-0.2, -0.15) is 13.2 Å².